The molecule has 0 saturated heterocycles. The van der Waals surface area contributed by atoms with Crippen molar-refractivity contribution in [2.45, 2.75) is 6.42 Å². The van der Waals surface area contributed by atoms with Crippen molar-refractivity contribution >= 4 is 11.9 Å². The van der Waals surface area contributed by atoms with Gasteiger partial charge in [-0.15, -0.1) is 0 Å². The number of carboxylic acid groups (broad SMARTS) is 2. The molecule has 0 unspecified atom stereocenters. The van der Waals surface area contributed by atoms with Gasteiger partial charge < -0.3 is 31.3 Å². The number of carboxylic acids is 2. The third-order valence-electron chi connectivity index (χ3n) is 0.455. The van der Waals surface area contributed by atoms with Gasteiger partial charge in [0.05, 0.1) is 0 Å². The summed E-state index contributed by atoms with van der Waals surface area (Å²) in [5.74, 6) is -3.25. The van der Waals surface area contributed by atoms with E-state index >= 15 is 0 Å². The van der Waals surface area contributed by atoms with Crippen LogP contribution in [0, 0.1) is 0 Å². The second kappa shape index (κ2) is 13.2. The summed E-state index contributed by atoms with van der Waals surface area (Å²) in [4.78, 5) is 18.6. The fourth-order valence-corrected chi connectivity index (χ4v) is 0.118. The molecule has 0 aromatic rings. The Morgan fingerprint density at radius 1 is 1.00 bits per heavy atom. The molecule has 0 aliphatic carbocycles. The molecule has 12 heavy (non-hydrogen) atoms. The summed E-state index contributed by atoms with van der Waals surface area (Å²) in [7, 11) is 0. The maximum atomic E-state index is 9.28. The average Bonchev–Trinajstić information content (AvgIpc) is 1.85. The summed E-state index contributed by atoms with van der Waals surface area (Å²) in [5, 5.41) is 18.6. The summed E-state index contributed by atoms with van der Waals surface area (Å²) < 4.78 is 0. The van der Waals surface area contributed by atoms with Crippen LogP contribution >= 0.6 is 0 Å². The summed E-state index contributed by atoms with van der Waals surface area (Å²) >= 11 is 0. The smallest absolute Gasteiger partial charge is 0.550 e. The van der Waals surface area contributed by atoms with Crippen LogP contribution in [0.5, 0.6) is 0 Å². The van der Waals surface area contributed by atoms with Crippen LogP contribution in [-0.4, -0.2) is 25.0 Å². The van der Waals surface area contributed by atoms with Crippen molar-refractivity contribution in [2.75, 3.05) is 13.1 Å². The predicted molar refractivity (Wildman–Crippen MR) is 32.7 cm³/mol. The second-order valence-electron chi connectivity index (χ2n) is 1.50. The van der Waals surface area contributed by atoms with Crippen LogP contribution in [0.4, 0.5) is 0 Å². The zero-order chi connectivity index (χ0) is 9.28. The third-order valence-corrected chi connectivity index (χ3v) is 0.455. The van der Waals surface area contributed by atoms with Gasteiger partial charge >= 0.3 is 21.1 Å². The number of carbonyl (C=O) groups is 2. The van der Waals surface area contributed by atoms with Crippen molar-refractivity contribution < 1.29 is 40.9 Å². The first-order valence-corrected chi connectivity index (χ1v) is 2.84. The molecule has 0 bridgehead atoms. The van der Waals surface area contributed by atoms with Gasteiger partial charge in [0.25, 0.3) is 0 Å². The van der Waals surface area contributed by atoms with Crippen LogP contribution in [0.2, 0.25) is 0 Å². The molecule has 0 fully saturated rings. The van der Waals surface area contributed by atoms with Crippen molar-refractivity contribution in [3.63, 3.8) is 0 Å². The Morgan fingerprint density at radius 3 is 1.25 bits per heavy atom. The van der Waals surface area contributed by atoms with Crippen LogP contribution in [0.3, 0.4) is 0 Å². The molecule has 0 aliphatic rings. The Balaban J connectivity index is -0.000000142. The number of carbonyl (C=O) groups excluding carboxylic acids is 2. The molecule has 0 rings (SSSR count). The minimum Gasteiger partial charge on any atom is -0.550 e. The number of nitrogens with two attached hydrogens (primary N) is 2. The van der Waals surface area contributed by atoms with Crippen molar-refractivity contribution in [1.82, 2.24) is 0 Å². The van der Waals surface area contributed by atoms with E-state index in [4.69, 9.17) is 11.5 Å². The quantitative estimate of drug-likeness (QED) is 0.492. The minimum atomic E-state index is -1.63. The molecular formula is C5H10N2O4Pt. The van der Waals surface area contributed by atoms with Crippen molar-refractivity contribution in [2.24, 2.45) is 11.5 Å². The van der Waals surface area contributed by atoms with E-state index in [-0.39, 0.29) is 21.1 Å². The molecule has 4 N–H and O–H groups in total. The van der Waals surface area contributed by atoms with Crippen LogP contribution in [0.15, 0.2) is 0 Å². The van der Waals surface area contributed by atoms with Crippen molar-refractivity contribution in [3.05, 3.63) is 0 Å². The second-order valence-corrected chi connectivity index (χ2v) is 1.50. The maximum Gasteiger partial charge on any atom is 2.00 e. The van der Waals surface area contributed by atoms with E-state index in [2.05, 4.69) is 0 Å². The number of aliphatic carboxylic acids is 2. The molecule has 0 heterocycles. The molecule has 6 nitrogen and oxygen atoms in total. The van der Waals surface area contributed by atoms with Gasteiger partial charge in [-0.25, -0.2) is 0 Å². The summed E-state index contributed by atoms with van der Waals surface area (Å²) in [5.41, 5.74) is 9.81. The molecular weight excluding hydrogens is 347 g/mol. The molecule has 0 aliphatic heterocycles. The zero-order valence-electron chi connectivity index (χ0n) is 6.23. The first-order chi connectivity index (χ1) is 5.04. The molecule has 0 aromatic carbocycles. The predicted octanol–water partition coefficient (Wildman–Crippen LogP) is -4.22. The molecule has 74 valence electrons. The fourth-order valence-electron chi connectivity index (χ4n) is 0.118. The molecule has 0 spiro atoms. The van der Waals surface area contributed by atoms with E-state index in [9.17, 15) is 19.8 Å². The minimum absolute atomic E-state index is 0. The maximum absolute atomic E-state index is 9.28. The molecule has 0 aromatic heterocycles. The van der Waals surface area contributed by atoms with Gasteiger partial charge in [-0.3, -0.25) is 0 Å². The van der Waals surface area contributed by atoms with E-state index in [1.165, 1.54) is 0 Å². The first-order valence-electron chi connectivity index (χ1n) is 2.84. The van der Waals surface area contributed by atoms with Gasteiger partial charge in [0, 0.05) is 31.4 Å². The average molecular weight is 357 g/mol. The van der Waals surface area contributed by atoms with Crippen LogP contribution in [0.25, 0.3) is 0 Å². The van der Waals surface area contributed by atoms with E-state index in [1.54, 1.807) is 0 Å². The van der Waals surface area contributed by atoms with Crippen molar-refractivity contribution in [1.29, 1.82) is 0 Å². The number of rotatable bonds is 3. The van der Waals surface area contributed by atoms with Crippen LogP contribution in [0.1, 0.15) is 6.42 Å². The number of hydrogen-bond acceptors (Lipinski definition) is 6. The molecule has 0 atom stereocenters. The Hall–Kier alpha value is -0.452. The fraction of sp³-hybridized carbons (Fsp3) is 0.600. The molecule has 7 heteroatoms. The van der Waals surface area contributed by atoms with Crippen molar-refractivity contribution in [3.8, 4) is 0 Å². The summed E-state index contributed by atoms with van der Waals surface area (Å²) in [6.45, 7) is 1.19. The van der Waals surface area contributed by atoms with E-state index < -0.39 is 18.4 Å². The van der Waals surface area contributed by atoms with Gasteiger partial charge in [-0.2, -0.15) is 0 Å². The van der Waals surface area contributed by atoms with Gasteiger partial charge in [-0.1, -0.05) is 0 Å². The van der Waals surface area contributed by atoms with Gasteiger partial charge in [0.1, 0.15) is 0 Å². The molecule has 0 radical (unpaired) electrons. The topological polar surface area (TPSA) is 132 Å². The molecule has 0 saturated carbocycles. The van der Waals surface area contributed by atoms with E-state index in [0.717, 1.165) is 0 Å². The monoisotopic (exact) mass is 357 g/mol. The van der Waals surface area contributed by atoms with Crippen LogP contribution in [-0.2, 0) is 30.7 Å². The van der Waals surface area contributed by atoms with Crippen LogP contribution < -0.4 is 21.7 Å². The zero-order valence-corrected chi connectivity index (χ0v) is 8.50. The molecule has 0 amide bonds. The Morgan fingerprint density at radius 2 is 1.25 bits per heavy atom. The van der Waals surface area contributed by atoms with Gasteiger partial charge in [0.2, 0.25) is 0 Å². The largest absolute Gasteiger partial charge is 2.00 e. The summed E-state index contributed by atoms with van der Waals surface area (Å²) in [6, 6.07) is 0. The normalized spacial score (nSPS) is 7.17. The van der Waals surface area contributed by atoms with Gasteiger partial charge in [-0.05, 0) is 0 Å². The first kappa shape index (κ1) is 17.6. The Labute approximate surface area is 84.2 Å². The standard InChI is InChI=1S/C3H4O4.C2H8N2.Pt/c4-2(5)1-3(6)7;3-1-2-4;/h1H2,(H,4,5)(H,6,7);1-4H2;/q;;+2/p-2. The Bertz CT molecular complexity index is 117. The van der Waals surface area contributed by atoms with E-state index in [1.807, 2.05) is 0 Å². The van der Waals surface area contributed by atoms with Gasteiger partial charge in [0.15, 0.2) is 0 Å². The Kier molecular flexibility index (Phi) is 19.3. The summed E-state index contributed by atoms with van der Waals surface area (Å²) in [6.07, 6.45) is -1.03. The third kappa shape index (κ3) is 33.7. The number of hydrogen-bond donors (Lipinski definition) is 2. The van der Waals surface area contributed by atoms with E-state index in [0.29, 0.717) is 13.1 Å². The SMILES string of the molecule is NCCN.O=C([O-])CC(=O)[O-].[Pt+2].